The second-order valence-electron chi connectivity index (χ2n) is 5.75. The smallest absolute Gasteiger partial charge is 0.144 e. The summed E-state index contributed by atoms with van der Waals surface area (Å²) < 4.78 is 13.6. The van der Waals surface area contributed by atoms with Crippen LogP contribution in [-0.4, -0.2) is 12.3 Å². The van der Waals surface area contributed by atoms with Crippen LogP contribution in [0.1, 0.15) is 44.1 Å². The van der Waals surface area contributed by atoms with Crippen molar-refractivity contribution in [2.45, 2.75) is 44.9 Å². The Kier molecular flexibility index (Phi) is 5.33. The molecule has 1 aliphatic carbocycles. The van der Waals surface area contributed by atoms with Crippen LogP contribution in [0.25, 0.3) is 0 Å². The second kappa shape index (κ2) is 6.81. The van der Waals surface area contributed by atoms with E-state index < -0.39 is 0 Å². The van der Waals surface area contributed by atoms with E-state index in [-0.39, 0.29) is 17.0 Å². The fourth-order valence-corrected chi connectivity index (χ4v) is 3.45. The molecule has 4 heteroatoms. The summed E-state index contributed by atoms with van der Waals surface area (Å²) in [7, 11) is 0. The number of rotatable bonds is 4. The van der Waals surface area contributed by atoms with Crippen molar-refractivity contribution in [1.82, 2.24) is 0 Å². The lowest BCUT2D eigenvalue weighted by Crippen LogP contribution is -2.39. The summed E-state index contributed by atoms with van der Waals surface area (Å²) >= 11 is 3.16. The largest absolute Gasteiger partial charge is 0.329 e. The Morgan fingerprint density at radius 3 is 2.45 bits per heavy atom. The van der Waals surface area contributed by atoms with E-state index in [0.717, 1.165) is 31.2 Å². The van der Waals surface area contributed by atoms with Crippen molar-refractivity contribution in [3.05, 3.63) is 34.1 Å². The maximum Gasteiger partial charge on any atom is 0.144 e. The fourth-order valence-electron chi connectivity index (χ4n) is 3.02. The van der Waals surface area contributed by atoms with Crippen molar-refractivity contribution in [1.29, 1.82) is 0 Å². The SMILES string of the molecule is NCC1(C(=O)Cc2ccc(F)c(Br)c2)CCCCCC1. The van der Waals surface area contributed by atoms with Gasteiger partial charge in [-0.15, -0.1) is 0 Å². The number of carbonyl (C=O) groups is 1. The molecule has 0 saturated heterocycles. The molecule has 0 radical (unpaired) electrons. The van der Waals surface area contributed by atoms with E-state index in [1.54, 1.807) is 12.1 Å². The summed E-state index contributed by atoms with van der Waals surface area (Å²) in [5, 5.41) is 0. The highest BCUT2D eigenvalue weighted by molar-refractivity contribution is 9.10. The van der Waals surface area contributed by atoms with Gasteiger partial charge in [-0.3, -0.25) is 4.79 Å². The molecule has 1 aromatic carbocycles. The molecule has 1 aliphatic rings. The molecule has 110 valence electrons. The zero-order valence-electron chi connectivity index (χ0n) is 11.6. The summed E-state index contributed by atoms with van der Waals surface area (Å²) in [6, 6.07) is 4.77. The zero-order valence-corrected chi connectivity index (χ0v) is 13.2. The monoisotopic (exact) mass is 341 g/mol. The quantitative estimate of drug-likeness (QED) is 0.841. The van der Waals surface area contributed by atoms with Gasteiger partial charge < -0.3 is 5.73 Å². The first-order valence-corrected chi connectivity index (χ1v) is 8.04. The van der Waals surface area contributed by atoms with Crippen molar-refractivity contribution >= 4 is 21.7 Å². The van der Waals surface area contributed by atoms with Gasteiger partial charge in [0.15, 0.2) is 0 Å². The Balaban J connectivity index is 2.14. The minimum Gasteiger partial charge on any atom is -0.329 e. The third-order valence-electron chi connectivity index (χ3n) is 4.39. The number of ketones is 1. The predicted molar refractivity (Wildman–Crippen MR) is 82.0 cm³/mol. The van der Waals surface area contributed by atoms with Crippen molar-refractivity contribution in [3.8, 4) is 0 Å². The Morgan fingerprint density at radius 1 is 1.25 bits per heavy atom. The maximum atomic E-state index is 13.2. The van der Waals surface area contributed by atoms with E-state index in [9.17, 15) is 9.18 Å². The standard InChI is InChI=1S/C16H21BrFNO/c17-13-9-12(5-6-14(13)18)10-15(20)16(11-19)7-3-1-2-4-8-16/h5-6,9H,1-4,7-8,10-11,19H2. The predicted octanol–water partition coefficient (Wildman–Crippen LogP) is 4.00. The lowest BCUT2D eigenvalue weighted by molar-refractivity contribution is -0.128. The van der Waals surface area contributed by atoms with Crippen molar-refractivity contribution < 1.29 is 9.18 Å². The Morgan fingerprint density at radius 2 is 1.90 bits per heavy atom. The van der Waals surface area contributed by atoms with Crippen molar-refractivity contribution in [2.75, 3.05) is 6.54 Å². The average molecular weight is 342 g/mol. The number of hydrogen-bond donors (Lipinski definition) is 1. The Hall–Kier alpha value is -0.740. The first-order chi connectivity index (χ1) is 9.57. The molecule has 0 unspecified atom stereocenters. The van der Waals surface area contributed by atoms with Gasteiger partial charge in [-0.1, -0.05) is 31.7 Å². The molecule has 1 aromatic rings. The van der Waals surface area contributed by atoms with Crippen LogP contribution in [0, 0.1) is 11.2 Å². The van der Waals surface area contributed by atoms with Crippen LogP contribution in [0.5, 0.6) is 0 Å². The summed E-state index contributed by atoms with van der Waals surface area (Å²) in [5.74, 6) is -0.0930. The summed E-state index contributed by atoms with van der Waals surface area (Å²) in [6.45, 7) is 0.425. The lowest BCUT2D eigenvalue weighted by Gasteiger charge is -2.29. The van der Waals surface area contributed by atoms with Gasteiger partial charge >= 0.3 is 0 Å². The van der Waals surface area contributed by atoms with Gasteiger partial charge in [0.05, 0.1) is 4.47 Å². The Labute approximate surface area is 128 Å². The molecule has 0 heterocycles. The first-order valence-electron chi connectivity index (χ1n) is 7.25. The highest BCUT2D eigenvalue weighted by Gasteiger charge is 2.36. The molecule has 1 saturated carbocycles. The van der Waals surface area contributed by atoms with Gasteiger partial charge in [0.25, 0.3) is 0 Å². The van der Waals surface area contributed by atoms with Gasteiger partial charge in [-0.05, 0) is 46.5 Å². The van der Waals surface area contributed by atoms with E-state index in [1.165, 1.54) is 18.9 Å². The lowest BCUT2D eigenvalue weighted by atomic mass is 9.75. The molecule has 2 nitrogen and oxygen atoms in total. The molecule has 20 heavy (non-hydrogen) atoms. The molecule has 0 atom stereocenters. The number of nitrogens with two attached hydrogens (primary N) is 1. The molecule has 1 fully saturated rings. The van der Waals surface area contributed by atoms with E-state index in [2.05, 4.69) is 15.9 Å². The summed E-state index contributed by atoms with van der Waals surface area (Å²) in [4.78, 5) is 12.7. The Bertz CT molecular complexity index is 481. The number of hydrogen-bond acceptors (Lipinski definition) is 2. The van der Waals surface area contributed by atoms with Crippen LogP contribution in [0.15, 0.2) is 22.7 Å². The molecule has 0 aromatic heterocycles. The first kappa shape index (κ1) is 15.6. The van der Waals surface area contributed by atoms with Crippen LogP contribution in [0.2, 0.25) is 0 Å². The number of Topliss-reactive ketones (excluding diaryl/α,β-unsaturated/α-hetero) is 1. The molecular weight excluding hydrogens is 321 g/mol. The topological polar surface area (TPSA) is 43.1 Å². The molecule has 0 bridgehead atoms. The third-order valence-corrected chi connectivity index (χ3v) is 5.00. The number of carbonyl (C=O) groups excluding carboxylic acids is 1. The number of halogens is 2. The zero-order chi connectivity index (χ0) is 14.6. The average Bonchev–Trinajstić information content (AvgIpc) is 2.69. The molecule has 0 spiro atoms. The molecule has 2 N–H and O–H groups in total. The minimum absolute atomic E-state index is 0.209. The normalized spacial score (nSPS) is 18.6. The van der Waals surface area contributed by atoms with Gasteiger partial charge in [-0.25, -0.2) is 4.39 Å². The van der Waals surface area contributed by atoms with Gasteiger partial charge in [-0.2, -0.15) is 0 Å². The molecule has 0 aliphatic heterocycles. The highest BCUT2D eigenvalue weighted by atomic mass is 79.9. The third kappa shape index (κ3) is 3.47. The molecule has 0 amide bonds. The molecular formula is C16H21BrFNO. The van der Waals surface area contributed by atoms with E-state index in [1.807, 2.05) is 0 Å². The summed E-state index contributed by atoms with van der Waals surface area (Å²) in [5.41, 5.74) is 6.41. The van der Waals surface area contributed by atoms with Gasteiger partial charge in [0, 0.05) is 18.4 Å². The van der Waals surface area contributed by atoms with Gasteiger partial charge in [0.1, 0.15) is 11.6 Å². The number of benzene rings is 1. The van der Waals surface area contributed by atoms with Crippen molar-refractivity contribution in [2.24, 2.45) is 11.1 Å². The second-order valence-corrected chi connectivity index (χ2v) is 6.60. The fraction of sp³-hybridized carbons (Fsp3) is 0.562. The van der Waals surface area contributed by atoms with Crippen LogP contribution >= 0.6 is 15.9 Å². The molecule has 2 rings (SSSR count). The summed E-state index contributed by atoms with van der Waals surface area (Å²) in [6.07, 6.45) is 6.67. The van der Waals surface area contributed by atoms with E-state index in [0.29, 0.717) is 17.4 Å². The highest BCUT2D eigenvalue weighted by Crippen LogP contribution is 2.36. The van der Waals surface area contributed by atoms with E-state index in [4.69, 9.17) is 5.73 Å². The van der Waals surface area contributed by atoms with Crippen LogP contribution in [-0.2, 0) is 11.2 Å². The minimum atomic E-state index is -0.364. The van der Waals surface area contributed by atoms with Gasteiger partial charge in [0.2, 0.25) is 0 Å². The van der Waals surface area contributed by atoms with Crippen LogP contribution < -0.4 is 5.73 Å². The van der Waals surface area contributed by atoms with E-state index >= 15 is 0 Å². The van der Waals surface area contributed by atoms with Crippen LogP contribution in [0.4, 0.5) is 4.39 Å². The maximum absolute atomic E-state index is 13.2. The van der Waals surface area contributed by atoms with Crippen LogP contribution in [0.3, 0.4) is 0 Å². The van der Waals surface area contributed by atoms with Crippen molar-refractivity contribution in [3.63, 3.8) is 0 Å².